The average Bonchev–Trinajstić information content (AvgIpc) is 3.39. The molecule has 0 aliphatic carbocycles. The van der Waals surface area contributed by atoms with E-state index in [1.165, 1.54) is 5.56 Å². The number of fused-ring (bicyclic) bond motifs is 2. The molecule has 5 rings (SSSR count). The van der Waals surface area contributed by atoms with E-state index in [2.05, 4.69) is 31.3 Å². The van der Waals surface area contributed by atoms with Gasteiger partial charge in [-0.15, -0.1) is 0 Å². The molecule has 1 amide bonds. The standard InChI is InChI=1S/C26H28N4O3S/c1-5-6-12-33-24-17(8-7-9-20(24)32-4)18-14-22(31)28-25-23(18)16(3)29-30(25)26-27-19-11-10-15(2)13-21(19)34-26/h7-11,13,18H,5-6,12,14H2,1-4H3,(H,28,31)/t18-/m0/s1. The second kappa shape index (κ2) is 9.10. The minimum atomic E-state index is -0.194. The lowest BCUT2D eigenvalue weighted by Gasteiger charge is -2.26. The van der Waals surface area contributed by atoms with Crippen LogP contribution in [0.15, 0.2) is 36.4 Å². The van der Waals surface area contributed by atoms with Crippen LogP contribution in [0.1, 0.15) is 54.5 Å². The molecule has 8 heteroatoms. The molecule has 2 aromatic carbocycles. The quantitative estimate of drug-likeness (QED) is 0.343. The number of carbonyl (C=O) groups excluding carboxylic acids is 1. The summed E-state index contributed by atoms with van der Waals surface area (Å²) >= 11 is 1.57. The van der Waals surface area contributed by atoms with Crippen LogP contribution in [0, 0.1) is 13.8 Å². The number of benzene rings is 2. The fourth-order valence-electron chi connectivity index (χ4n) is 4.50. The number of nitrogens with one attached hydrogen (secondary N) is 1. The Morgan fingerprint density at radius 2 is 2.09 bits per heavy atom. The van der Waals surface area contributed by atoms with Gasteiger partial charge in [0.25, 0.3) is 0 Å². The van der Waals surface area contributed by atoms with Gasteiger partial charge in [-0.05, 0) is 44.0 Å². The summed E-state index contributed by atoms with van der Waals surface area (Å²) in [5, 5.41) is 8.61. The smallest absolute Gasteiger partial charge is 0.226 e. The summed E-state index contributed by atoms with van der Waals surface area (Å²) in [6.07, 6.45) is 2.30. The first-order valence-corrected chi connectivity index (χ1v) is 12.4. The summed E-state index contributed by atoms with van der Waals surface area (Å²) in [4.78, 5) is 17.7. The van der Waals surface area contributed by atoms with Gasteiger partial charge in [0.15, 0.2) is 11.5 Å². The number of hydrogen-bond acceptors (Lipinski definition) is 6. The third-order valence-corrected chi connectivity index (χ3v) is 7.16. The minimum absolute atomic E-state index is 0.0575. The normalized spacial score (nSPS) is 15.3. The summed E-state index contributed by atoms with van der Waals surface area (Å²) in [6.45, 7) is 6.78. The van der Waals surface area contributed by atoms with Crippen molar-refractivity contribution in [3.63, 3.8) is 0 Å². The van der Waals surface area contributed by atoms with Gasteiger partial charge in [-0.1, -0.05) is 42.9 Å². The van der Waals surface area contributed by atoms with Gasteiger partial charge in [0.1, 0.15) is 5.82 Å². The number of hydrogen-bond donors (Lipinski definition) is 1. The molecule has 176 valence electrons. The van der Waals surface area contributed by atoms with Crippen LogP contribution in [-0.4, -0.2) is 34.4 Å². The van der Waals surface area contributed by atoms with Crippen molar-refractivity contribution in [3.8, 4) is 16.6 Å². The molecule has 0 fully saturated rings. The number of carbonyl (C=O) groups is 1. The number of ether oxygens (including phenoxy) is 2. The van der Waals surface area contributed by atoms with E-state index in [1.807, 2.05) is 31.2 Å². The van der Waals surface area contributed by atoms with Crippen LogP contribution in [0.5, 0.6) is 11.5 Å². The fraction of sp³-hybridized carbons (Fsp3) is 0.346. The summed E-state index contributed by atoms with van der Waals surface area (Å²) < 4.78 is 14.7. The molecule has 7 nitrogen and oxygen atoms in total. The van der Waals surface area contributed by atoms with Crippen LogP contribution in [0.4, 0.5) is 5.82 Å². The first kappa shape index (κ1) is 22.4. The molecule has 4 aromatic rings. The van der Waals surface area contributed by atoms with Crippen LogP contribution < -0.4 is 14.8 Å². The monoisotopic (exact) mass is 476 g/mol. The van der Waals surface area contributed by atoms with Crippen LogP contribution in [0.2, 0.25) is 0 Å². The molecule has 2 aromatic heterocycles. The zero-order valence-electron chi connectivity index (χ0n) is 19.8. The zero-order valence-corrected chi connectivity index (χ0v) is 20.7. The predicted molar refractivity (Wildman–Crippen MR) is 135 cm³/mol. The molecular formula is C26H28N4O3S. The molecule has 1 aliphatic heterocycles. The highest BCUT2D eigenvalue weighted by Crippen LogP contribution is 2.46. The Hall–Kier alpha value is -3.39. The molecule has 1 atom stereocenters. The van der Waals surface area contributed by atoms with E-state index in [4.69, 9.17) is 19.6 Å². The Morgan fingerprint density at radius 1 is 1.24 bits per heavy atom. The molecule has 34 heavy (non-hydrogen) atoms. The summed E-state index contributed by atoms with van der Waals surface area (Å²) in [7, 11) is 1.64. The molecule has 1 N–H and O–H groups in total. The third kappa shape index (κ3) is 3.92. The van der Waals surface area contributed by atoms with E-state index in [9.17, 15) is 4.79 Å². The molecule has 0 saturated carbocycles. The Balaban J connectivity index is 1.63. The first-order chi connectivity index (χ1) is 16.5. The summed E-state index contributed by atoms with van der Waals surface area (Å²) in [6, 6.07) is 12.1. The fourth-order valence-corrected chi connectivity index (χ4v) is 5.52. The number of unbranched alkanes of at least 4 members (excludes halogenated alkanes) is 1. The lowest BCUT2D eigenvalue weighted by Crippen LogP contribution is -2.25. The number of methoxy groups -OCH3 is 1. The lowest BCUT2D eigenvalue weighted by atomic mass is 9.85. The van der Waals surface area contributed by atoms with Crippen molar-refractivity contribution >= 4 is 33.3 Å². The van der Waals surface area contributed by atoms with Crippen LogP contribution in [-0.2, 0) is 4.79 Å². The number of para-hydroxylation sites is 1. The number of thiazole rings is 1. The van der Waals surface area contributed by atoms with Crippen molar-refractivity contribution in [1.82, 2.24) is 14.8 Å². The summed E-state index contributed by atoms with van der Waals surface area (Å²) in [5.41, 5.74) is 4.89. The minimum Gasteiger partial charge on any atom is -0.493 e. The number of nitrogens with zero attached hydrogens (tertiary/aromatic N) is 3. The van der Waals surface area contributed by atoms with Crippen molar-refractivity contribution < 1.29 is 14.3 Å². The van der Waals surface area contributed by atoms with E-state index < -0.39 is 0 Å². The maximum Gasteiger partial charge on any atom is 0.226 e. The number of rotatable bonds is 7. The SMILES string of the molecule is CCCCOc1c(OC)cccc1[C@@H]1CC(=O)Nc2c1c(C)nn2-c1nc2ccc(C)cc2s1. The molecule has 0 radical (unpaired) electrons. The number of amides is 1. The second-order valence-electron chi connectivity index (χ2n) is 8.61. The van der Waals surface area contributed by atoms with E-state index in [0.29, 0.717) is 30.3 Å². The molecule has 0 saturated heterocycles. The maximum atomic E-state index is 12.9. The number of anilines is 1. The molecule has 0 bridgehead atoms. The van der Waals surface area contributed by atoms with E-state index >= 15 is 0 Å². The van der Waals surface area contributed by atoms with Gasteiger partial charge in [0.05, 0.1) is 29.6 Å². The van der Waals surface area contributed by atoms with E-state index in [0.717, 1.165) is 45.0 Å². The van der Waals surface area contributed by atoms with Gasteiger partial charge in [-0.3, -0.25) is 4.79 Å². The molecule has 0 unspecified atom stereocenters. The van der Waals surface area contributed by atoms with E-state index in [1.54, 1.807) is 23.1 Å². The number of aromatic nitrogens is 3. The van der Waals surface area contributed by atoms with Gasteiger partial charge in [0, 0.05) is 23.5 Å². The second-order valence-corrected chi connectivity index (χ2v) is 9.62. The Labute approximate surface area is 202 Å². The largest absolute Gasteiger partial charge is 0.493 e. The van der Waals surface area contributed by atoms with Crippen molar-refractivity contribution in [3.05, 3.63) is 58.8 Å². The van der Waals surface area contributed by atoms with Gasteiger partial charge >= 0.3 is 0 Å². The zero-order chi connectivity index (χ0) is 23.8. The van der Waals surface area contributed by atoms with Crippen molar-refractivity contribution in [1.29, 1.82) is 0 Å². The highest BCUT2D eigenvalue weighted by molar-refractivity contribution is 7.20. The van der Waals surface area contributed by atoms with Crippen LogP contribution in [0.3, 0.4) is 0 Å². The topological polar surface area (TPSA) is 78.3 Å². The Bertz CT molecular complexity index is 1370. The van der Waals surface area contributed by atoms with Gasteiger partial charge in [0.2, 0.25) is 11.0 Å². The van der Waals surface area contributed by atoms with Gasteiger partial charge in [-0.25, -0.2) is 4.98 Å². The molecule has 0 spiro atoms. The third-order valence-electron chi connectivity index (χ3n) is 6.17. The average molecular weight is 477 g/mol. The predicted octanol–water partition coefficient (Wildman–Crippen LogP) is 5.76. The summed E-state index contributed by atoms with van der Waals surface area (Å²) in [5.74, 6) is 1.80. The molecule has 3 heterocycles. The Kier molecular flexibility index (Phi) is 6.00. The first-order valence-electron chi connectivity index (χ1n) is 11.6. The molecule has 1 aliphatic rings. The van der Waals surface area contributed by atoms with E-state index in [-0.39, 0.29) is 11.8 Å². The number of aryl methyl sites for hydroxylation is 2. The van der Waals surface area contributed by atoms with Crippen LogP contribution in [0.25, 0.3) is 15.3 Å². The van der Waals surface area contributed by atoms with Gasteiger partial charge < -0.3 is 14.8 Å². The highest BCUT2D eigenvalue weighted by atomic mass is 32.1. The highest BCUT2D eigenvalue weighted by Gasteiger charge is 2.35. The van der Waals surface area contributed by atoms with Crippen LogP contribution >= 0.6 is 11.3 Å². The van der Waals surface area contributed by atoms with Gasteiger partial charge in [-0.2, -0.15) is 9.78 Å². The molecular weight excluding hydrogens is 448 g/mol. The Morgan fingerprint density at radius 3 is 2.88 bits per heavy atom. The van der Waals surface area contributed by atoms with Crippen molar-refractivity contribution in [2.75, 3.05) is 19.0 Å². The maximum absolute atomic E-state index is 12.9. The van der Waals surface area contributed by atoms with Crippen molar-refractivity contribution in [2.45, 2.75) is 46.0 Å². The van der Waals surface area contributed by atoms with Crippen molar-refractivity contribution in [2.24, 2.45) is 0 Å². The lowest BCUT2D eigenvalue weighted by molar-refractivity contribution is -0.116.